The van der Waals surface area contributed by atoms with E-state index in [1.54, 1.807) is 12.0 Å². The number of amides is 1. The third kappa shape index (κ3) is 6.44. The predicted molar refractivity (Wildman–Crippen MR) is 84.6 cm³/mol. The average Bonchev–Trinajstić information content (AvgIpc) is 2.50. The summed E-state index contributed by atoms with van der Waals surface area (Å²) in [6.45, 7) is 2.89. The molecule has 1 rings (SSSR count). The Morgan fingerprint density at radius 3 is 2.90 bits per heavy atom. The SMILES string of the molecule is COC(C)CCC(=O)N(C)Cc1cccc(C#CCN)c1. The Kier molecular flexibility index (Phi) is 7.52. The summed E-state index contributed by atoms with van der Waals surface area (Å²) in [7, 11) is 3.48. The molecule has 0 saturated carbocycles. The molecule has 1 aromatic carbocycles. The van der Waals surface area contributed by atoms with Gasteiger partial charge in [0.05, 0.1) is 12.6 Å². The molecule has 1 amide bonds. The highest BCUT2D eigenvalue weighted by atomic mass is 16.5. The van der Waals surface area contributed by atoms with E-state index in [1.807, 2.05) is 38.2 Å². The molecule has 0 spiro atoms. The fourth-order valence-electron chi connectivity index (χ4n) is 1.90. The van der Waals surface area contributed by atoms with E-state index in [0.717, 1.165) is 17.5 Å². The number of ether oxygens (including phenoxy) is 1. The number of nitrogens with zero attached hydrogens (tertiary/aromatic N) is 1. The van der Waals surface area contributed by atoms with Crippen molar-refractivity contribution in [3.05, 3.63) is 35.4 Å². The topological polar surface area (TPSA) is 55.6 Å². The van der Waals surface area contributed by atoms with Crippen LogP contribution in [-0.4, -0.2) is 37.6 Å². The molecular weight excluding hydrogens is 264 g/mol. The first-order valence-electron chi connectivity index (χ1n) is 7.11. The molecule has 0 fully saturated rings. The zero-order chi connectivity index (χ0) is 15.7. The molecule has 0 saturated heterocycles. The first-order valence-corrected chi connectivity index (χ1v) is 7.11. The van der Waals surface area contributed by atoms with Crippen molar-refractivity contribution in [1.29, 1.82) is 0 Å². The lowest BCUT2D eigenvalue weighted by atomic mass is 10.1. The summed E-state index contributed by atoms with van der Waals surface area (Å²) in [5, 5.41) is 0. The Morgan fingerprint density at radius 1 is 1.48 bits per heavy atom. The van der Waals surface area contributed by atoms with E-state index in [-0.39, 0.29) is 12.0 Å². The summed E-state index contributed by atoms with van der Waals surface area (Å²) in [4.78, 5) is 13.8. The van der Waals surface area contributed by atoms with Gasteiger partial charge in [0, 0.05) is 32.7 Å². The lowest BCUT2D eigenvalue weighted by molar-refractivity contribution is -0.131. The Labute approximate surface area is 127 Å². The highest BCUT2D eigenvalue weighted by molar-refractivity contribution is 5.75. The lowest BCUT2D eigenvalue weighted by Gasteiger charge is -2.18. The highest BCUT2D eigenvalue weighted by Crippen LogP contribution is 2.09. The largest absolute Gasteiger partial charge is 0.382 e. The van der Waals surface area contributed by atoms with E-state index in [1.165, 1.54) is 0 Å². The maximum Gasteiger partial charge on any atom is 0.222 e. The van der Waals surface area contributed by atoms with Gasteiger partial charge in [-0.2, -0.15) is 0 Å². The van der Waals surface area contributed by atoms with E-state index in [0.29, 0.717) is 19.5 Å². The number of carbonyl (C=O) groups is 1. The van der Waals surface area contributed by atoms with Crippen LogP contribution >= 0.6 is 0 Å². The van der Waals surface area contributed by atoms with E-state index >= 15 is 0 Å². The minimum absolute atomic E-state index is 0.109. The third-order valence-electron chi connectivity index (χ3n) is 3.27. The van der Waals surface area contributed by atoms with E-state index in [4.69, 9.17) is 10.5 Å². The van der Waals surface area contributed by atoms with Gasteiger partial charge in [0.1, 0.15) is 0 Å². The summed E-state index contributed by atoms with van der Waals surface area (Å²) in [6, 6.07) is 7.87. The standard InChI is InChI=1S/C17H24N2O2/c1-14(21-3)9-10-17(20)19(2)13-16-7-4-6-15(12-16)8-5-11-18/h4,6-7,12,14H,9-11,13,18H2,1-3H3. The van der Waals surface area contributed by atoms with Crippen LogP contribution in [-0.2, 0) is 16.1 Å². The van der Waals surface area contributed by atoms with Crippen LogP contribution in [0, 0.1) is 11.8 Å². The number of hydrogen-bond donors (Lipinski definition) is 1. The normalized spacial score (nSPS) is 11.4. The second-order valence-electron chi connectivity index (χ2n) is 5.04. The minimum atomic E-state index is 0.109. The van der Waals surface area contributed by atoms with Gasteiger partial charge in [-0.15, -0.1) is 0 Å². The van der Waals surface area contributed by atoms with Gasteiger partial charge in [0.25, 0.3) is 0 Å². The van der Waals surface area contributed by atoms with Crippen molar-refractivity contribution >= 4 is 5.91 Å². The van der Waals surface area contributed by atoms with Crippen LogP contribution < -0.4 is 5.73 Å². The van der Waals surface area contributed by atoms with Crippen molar-refractivity contribution in [2.75, 3.05) is 20.7 Å². The Morgan fingerprint density at radius 2 is 2.24 bits per heavy atom. The monoisotopic (exact) mass is 288 g/mol. The molecule has 4 nitrogen and oxygen atoms in total. The number of rotatable bonds is 6. The van der Waals surface area contributed by atoms with Crippen molar-refractivity contribution in [3.8, 4) is 11.8 Å². The average molecular weight is 288 g/mol. The summed E-state index contributed by atoms with van der Waals surface area (Å²) >= 11 is 0. The fourth-order valence-corrected chi connectivity index (χ4v) is 1.90. The second kappa shape index (κ2) is 9.17. The van der Waals surface area contributed by atoms with Gasteiger partial charge >= 0.3 is 0 Å². The second-order valence-corrected chi connectivity index (χ2v) is 5.04. The van der Waals surface area contributed by atoms with Crippen molar-refractivity contribution in [2.24, 2.45) is 5.73 Å². The molecular formula is C17H24N2O2. The lowest BCUT2D eigenvalue weighted by Crippen LogP contribution is -2.26. The Hall–Kier alpha value is -1.83. The molecule has 2 N–H and O–H groups in total. The molecule has 1 unspecified atom stereocenters. The van der Waals surface area contributed by atoms with Crippen molar-refractivity contribution in [2.45, 2.75) is 32.4 Å². The summed E-state index contributed by atoms with van der Waals surface area (Å²) in [5.41, 5.74) is 7.35. The van der Waals surface area contributed by atoms with Gasteiger partial charge in [0.2, 0.25) is 5.91 Å². The first kappa shape index (κ1) is 17.2. The quantitative estimate of drug-likeness (QED) is 0.812. The van der Waals surface area contributed by atoms with Gasteiger partial charge < -0.3 is 15.4 Å². The molecule has 0 radical (unpaired) electrons. The van der Waals surface area contributed by atoms with E-state index in [2.05, 4.69) is 11.8 Å². The van der Waals surface area contributed by atoms with Crippen LogP contribution in [0.25, 0.3) is 0 Å². The van der Waals surface area contributed by atoms with Crippen LogP contribution in [0.1, 0.15) is 30.9 Å². The molecule has 0 aliphatic rings. The van der Waals surface area contributed by atoms with Crippen molar-refractivity contribution in [3.63, 3.8) is 0 Å². The zero-order valence-electron chi connectivity index (χ0n) is 13.1. The number of carbonyl (C=O) groups excluding carboxylic acids is 1. The molecule has 1 aromatic rings. The molecule has 0 aliphatic heterocycles. The van der Waals surface area contributed by atoms with Gasteiger partial charge in [0.15, 0.2) is 0 Å². The van der Waals surface area contributed by atoms with Crippen molar-refractivity contribution in [1.82, 2.24) is 4.90 Å². The van der Waals surface area contributed by atoms with Crippen molar-refractivity contribution < 1.29 is 9.53 Å². The molecule has 0 aromatic heterocycles. The molecule has 4 heteroatoms. The van der Waals surface area contributed by atoms with Crippen LogP contribution in [0.5, 0.6) is 0 Å². The number of methoxy groups -OCH3 is 1. The molecule has 1 atom stereocenters. The smallest absolute Gasteiger partial charge is 0.222 e. The molecule has 0 bridgehead atoms. The summed E-state index contributed by atoms with van der Waals surface area (Å²) in [6.07, 6.45) is 1.34. The number of nitrogens with two attached hydrogens (primary N) is 1. The van der Waals surface area contributed by atoms with Gasteiger partial charge in [-0.3, -0.25) is 4.79 Å². The van der Waals surface area contributed by atoms with Crippen LogP contribution in [0.3, 0.4) is 0 Å². The molecule has 0 heterocycles. The third-order valence-corrected chi connectivity index (χ3v) is 3.27. The van der Waals surface area contributed by atoms with E-state index < -0.39 is 0 Å². The Balaban J connectivity index is 2.57. The number of hydrogen-bond acceptors (Lipinski definition) is 3. The predicted octanol–water partition coefficient (Wildman–Crippen LogP) is 1.77. The van der Waals surface area contributed by atoms with Gasteiger partial charge in [-0.1, -0.05) is 24.0 Å². The van der Waals surface area contributed by atoms with Gasteiger partial charge in [-0.25, -0.2) is 0 Å². The molecule has 0 aliphatic carbocycles. The molecule has 21 heavy (non-hydrogen) atoms. The number of benzene rings is 1. The fraction of sp³-hybridized carbons (Fsp3) is 0.471. The van der Waals surface area contributed by atoms with Gasteiger partial charge in [-0.05, 0) is 31.0 Å². The summed E-state index contributed by atoms with van der Waals surface area (Å²) in [5.74, 6) is 5.95. The zero-order valence-corrected chi connectivity index (χ0v) is 13.1. The first-order chi connectivity index (χ1) is 10.1. The Bertz CT molecular complexity index is 517. The van der Waals surface area contributed by atoms with E-state index in [9.17, 15) is 4.79 Å². The maximum absolute atomic E-state index is 12.1. The maximum atomic E-state index is 12.1. The van der Waals surface area contributed by atoms with Crippen LogP contribution in [0.4, 0.5) is 0 Å². The molecule has 114 valence electrons. The summed E-state index contributed by atoms with van der Waals surface area (Å²) < 4.78 is 5.16. The van der Waals surface area contributed by atoms with Crippen LogP contribution in [0.15, 0.2) is 24.3 Å². The van der Waals surface area contributed by atoms with Crippen LogP contribution in [0.2, 0.25) is 0 Å². The minimum Gasteiger partial charge on any atom is -0.382 e. The highest BCUT2D eigenvalue weighted by Gasteiger charge is 2.11.